The minimum Gasteiger partial charge on any atom is -0.475 e. The number of nitrogen functional groups attached to an aromatic ring is 1. The molecule has 0 saturated heterocycles. The van der Waals surface area contributed by atoms with Crippen molar-refractivity contribution < 1.29 is 14.2 Å². The summed E-state index contributed by atoms with van der Waals surface area (Å²) in [5, 5.41) is 3.06. The van der Waals surface area contributed by atoms with Gasteiger partial charge >= 0.3 is 0 Å². The van der Waals surface area contributed by atoms with Crippen molar-refractivity contribution >= 4 is 11.8 Å². The van der Waals surface area contributed by atoms with Crippen LogP contribution in [-0.2, 0) is 9.47 Å². The van der Waals surface area contributed by atoms with Crippen LogP contribution in [0, 0.1) is 0 Å². The lowest BCUT2D eigenvalue weighted by atomic mass is 10.5. The van der Waals surface area contributed by atoms with Crippen LogP contribution in [0.5, 0.6) is 5.88 Å². The Morgan fingerprint density at radius 3 is 2.79 bits per heavy atom. The van der Waals surface area contributed by atoms with E-state index in [1.54, 1.807) is 13.2 Å². The molecule has 0 amide bonds. The lowest BCUT2D eigenvalue weighted by molar-refractivity contribution is 0.0796. The maximum absolute atomic E-state index is 5.59. The Morgan fingerprint density at radius 1 is 1.21 bits per heavy atom. The molecule has 108 valence electrons. The minimum absolute atomic E-state index is 0.189. The van der Waals surface area contributed by atoms with Gasteiger partial charge in [0, 0.05) is 32.9 Å². The van der Waals surface area contributed by atoms with E-state index in [0.29, 0.717) is 38.1 Å². The monoisotopic (exact) mass is 270 g/mol. The first-order valence-corrected chi connectivity index (χ1v) is 6.34. The third kappa shape index (κ3) is 6.78. The Kier molecular flexibility index (Phi) is 7.60. The minimum atomic E-state index is 0.189. The van der Waals surface area contributed by atoms with Crippen LogP contribution in [0.15, 0.2) is 6.07 Å². The number of ether oxygens (including phenoxy) is 3. The lowest BCUT2D eigenvalue weighted by Crippen LogP contribution is -2.11. The van der Waals surface area contributed by atoms with Gasteiger partial charge in [-0.1, -0.05) is 0 Å². The Labute approximate surface area is 113 Å². The van der Waals surface area contributed by atoms with Crippen molar-refractivity contribution in [2.45, 2.75) is 13.3 Å². The molecule has 19 heavy (non-hydrogen) atoms. The zero-order chi connectivity index (χ0) is 13.9. The van der Waals surface area contributed by atoms with Crippen LogP contribution in [-0.4, -0.2) is 50.1 Å². The molecule has 0 spiro atoms. The van der Waals surface area contributed by atoms with Crippen LogP contribution >= 0.6 is 0 Å². The van der Waals surface area contributed by atoms with Gasteiger partial charge in [-0.2, -0.15) is 9.97 Å². The molecule has 1 rings (SSSR count). The van der Waals surface area contributed by atoms with Gasteiger partial charge in [-0.3, -0.25) is 0 Å². The van der Waals surface area contributed by atoms with E-state index >= 15 is 0 Å². The van der Waals surface area contributed by atoms with Crippen molar-refractivity contribution in [3.8, 4) is 5.88 Å². The topological polar surface area (TPSA) is 91.5 Å². The van der Waals surface area contributed by atoms with Crippen LogP contribution in [0.4, 0.5) is 11.8 Å². The Morgan fingerprint density at radius 2 is 2.05 bits per heavy atom. The molecule has 1 aromatic heterocycles. The number of methoxy groups -OCH3 is 1. The second kappa shape index (κ2) is 9.35. The molecule has 1 aromatic rings. The fourth-order valence-corrected chi connectivity index (χ4v) is 1.40. The van der Waals surface area contributed by atoms with Crippen molar-refractivity contribution in [2.75, 3.05) is 51.1 Å². The highest BCUT2D eigenvalue weighted by Crippen LogP contribution is 2.14. The van der Waals surface area contributed by atoms with Crippen molar-refractivity contribution in [1.82, 2.24) is 9.97 Å². The second-order valence-corrected chi connectivity index (χ2v) is 3.79. The lowest BCUT2D eigenvalue weighted by Gasteiger charge is -2.08. The molecule has 0 aliphatic heterocycles. The van der Waals surface area contributed by atoms with Gasteiger partial charge in [0.1, 0.15) is 12.4 Å². The third-order valence-electron chi connectivity index (χ3n) is 2.19. The first kappa shape index (κ1) is 15.5. The predicted molar refractivity (Wildman–Crippen MR) is 73.4 cm³/mol. The third-order valence-corrected chi connectivity index (χ3v) is 2.19. The van der Waals surface area contributed by atoms with E-state index in [0.717, 1.165) is 13.0 Å². The Bertz CT molecular complexity index is 363. The van der Waals surface area contributed by atoms with E-state index in [1.807, 2.05) is 6.92 Å². The van der Waals surface area contributed by atoms with Gasteiger partial charge in [0.15, 0.2) is 0 Å². The fraction of sp³-hybridized carbons (Fsp3) is 0.667. The number of aromatic nitrogens is 2. The average Bonchev–Trinajstić information content (AvgIpc) is 2.37. The zero-order valence-corrected chi connectivity index (χ0v) is 11.5. The second-order valence-electron chi connectivity index (χ2n) is 3.79. The summed E-state index contributed by atoms with van der Waals surface area (Å²) in [6.45, 7) is 5.03. The van der Waals surface area contributed by atoms with E-state index in [9.17, 15) is 0 Å². The standard InChI is InChI=1S/C12H22N4O3/c1-3-14-10-9-11(16-12(13)15-10)19-8-7-18-6-4-5-17-2/h9H,3-8H2,1-2H3,(H3,13,14,15,16). The molecular formula is C12H22N4O3. The van der Waals surface area contributed by atoms with Gasteiger partial charge in [-0.15, -0.1) is 0 Å². The molecule has 0 fully saturated rings. The molecule has 0 aliphatic rings. The smallest absolute Gasteiger partial charge is 0.225 e. The van der Waals surface area contributed by atoms with E-state index in [1.165, 1.54) is 0 Å². The summed E-state index contributed by atoms with van der Waals surface area (Å²) in [4.78, 5) is 8.02. The molecule has 0 unspecified atom stereocenters. The van der Waals surface area contributed by atoms with Crippen LogP contribution in [0.2, 0.25) is 0 Å². The molecule has 0 aromatic carbocycles. The van der Waals surface area contributed by atoms with Crippen LogP contribution in [0.25, 0.3) is 0 Å². The van der Waals surface area contributed by atoms with Crippen molar-refractivity contribution in [2.24, 2.45) is 0 Å². The molecule has 0 aliphatic carbocycles. The first-order valence-electron chi connectivity index (χ1n) is 6.34. The number of hydrogen-bond donors (Lipinski definition) is 2. The van der Waals surface area contributed by atoms with Gasteiger partial charge in [-0.25, -0.2) is 0 Å². The van der Waals surface area contributed by atoms with Gasteiger partial charge < -0.3 is 25.3 Å². The molecule has 0 saturated carbocycles. The molecule has 7 nitrogen and oxygen atoms in total. The SMILES string of the molecule is CCNc1cc(OCCOCCCOC)nc(N)n1. The number of rotatable bonds is 10. The van der Waals surface area contributed by atoms with Crippen molar-refractivity contribution in [3.05, 3.63) is 6.07 Å². The highest BCUT2D eigenvalue weighted by molar-refractivity contribution is 5.42. The van der Waals surface area contributed by atoms with Gasteiger partial charge in [-0.05, 0) is 13.3 Å². The Hall–Kier alpha value is -1.60. The van der Waals surface area contributed by atoms with E-state index < -0.39 is 0 Å². The summed E-state index contributed by atoms with van der Waals surface area (Å²) < 4.78 is 15.7. The summed E-state index contributed by atoms with van der Waals surface area (Å²) in [5.74, 6) is 1.30. The quantitative estimate of drug-likeness (QED) is 0.611. The summed E-state index contributed by atoms with van der Waals surface area (Å²) in [5.41, 5.74) is 5.59. The average molecular weight is 270 g/mol. The molecule has 0 bridgehead atoms. The number of hydrogen-bond acceptors (Lipinski definition) is 7. The van der Waals surface area contributed by atoms with E-state index in [2.05, 4.69) is 15.3 Å². The number of nitrogens with zero attached hydrogens (tertiary/aromatic N) is 2. The summed E-state index contributed by atoms with van der Waals surface area (Å²) in [6.07, 6.45) is 0.877. The van der Waals surface area contributed by atoms with E-state index in [4.69, 9.17) is 19.9 Å². The maximum Gasteiger partial charge on any atom is 0.225 e. The highest BCUT2D eigenvalue weighted by Gasteiger charge is 2.02. The predicted octanol–water partition coefficient (Wildman–Crippen LogP) is 0.922. The van der Waals surface area contributed by atoms with Gasteiger partial charge in [0.2, 0.25) is 11.8 Å². The van der Waals surface area contributed by atoms with Crippen LogP contribution in [0.1, 0.15) is 13.3 Å². The van der Waals surface area contributed by atoms with Gasteiger partial charge in [0.05, 0.1) is 6.61 Å². The van der Waals surface area contributed by atoms with Gasteiger partial charge in [0.25, 0.3) is 0 Å². The molecular weight excluding hydrogens is 248 g/mol. The van der Waals surface area contributed by atoms with E-state index in [-0.39, 0.29) is 5.95 Å². The molecule has 0 atom stereocenters. The normalized spacial score (nSPS) is 10.4. The number of anilines is 2. The molecule has 3 N–H and O–H groups in total. The maximum atomic E-state index is 5.59. The largest absolute Gasteiger partial charge is 0.475 e. The van der Waals surface area contributed by atoms with Crippen LogP contribution in [0.3, 0.4) is 0 Å². The fourth-order valence-electron chi connectivity index (χ4n) is 1.40. The summed E-state index contributed by atoms with van der Waals surface area (Å²) >= 11 is 0. The Balaban J connectivity index is 2.25. The molecule has 0 radical (unpaired) electrons. The van der Waals surface area contributed by atoms with Crippen LogP contribution < -0.4 is 15.8 Å². The summed E-state index contributed by atoms with van der Waals surface area (Å²) in [7, 11) is 1.67. The molecule has 1 heterocycles. The number of nitrogens with two attached hydrogens (primary N) is 1. The van der Waals surface area contributed by atoms with Crippen molar-refractivity contribution in [1.29, 1.82) is 0 Å². The molecule has 7 heteroatoms. The first-order chi connectivity index (χ1) is 9.26. The zero-order valence-electron chi connectivity index (χ0n) is 11.5. The summed E-state index contributed by atoms with van der Waals surface area (Å²) in [6, 6.07) is 1.71. The highest BCUT2D eigenvalue weighted by atomic mass is 16.5. The number of nitrogens with one attached hydrogen (secondary N) is 1. The van der Waals surface area contributed by atoms with Crippen molar-refractivity contribution in [3.63, 3.8) is 0 Å².